The Morgan fingerprint density at radius 3 is 1.76 bits per heavy atom. The number of fused-ring (bicyclic) bond motifs is 3. The van der Waals surface area contributed by atoms with Crippen LogP contribution in [0.25, 0.3) is 0 Å². The van der Waals surface area contributed by atoms with E-state index in [1.54, 1.807) is 14.2 Å². The molecule has 0 aromatic heterocycles. The van der Waals surface area contributed by atoms with Gasteiger partial charge in [-0.1, -0.05) is 114 Å². The summed E-state index contributed by atoms with van der Waals surface area (Å²) in [5.41, 5.74) is 1.16. The molecule has 3 aliphatic carbocycles. The number of methoxy groups -OCH3 is 2. The highest BCUT2D eigenvalue weighted by atomic mass is 28.4. The Bertz CT molecular complexity index is 1560. The maximum Gasteiger partial charge on any atom is 0.261 e. The van der Waals surface area contributed by atoms with Gasteiger partial charge in [-0.2, -0.15) is 0 Å². The Morgan fingerprint density at radius 2 is 1.20 bits per heavy atom. The van der Waals surface area contributed by atoms with E-state index in [1.165, 1.54) is 10.4 Å². The summed E-state index contributed by atoms with van der Waals surface area (Å²) in [7, 11) is -1.28. The third kappa shape index (κ3) is 8.65. The van der Waals surface area contributed by atoms with Gasteiger partial charge in [0.25, 0.3) is 8.32 Å². The molecule has 296 valence electrons. The van der Waals surface area contributed by atoms with Gasteiger partial charge >= 0.3 is 0 Å². The van der Waals surface area contributed by atoms with Crippen LogP contribution >= 0.6 is 0 Å². The molecule has 0 amide bonds. The predicted molar refractivity (Wildman–Crippen MR) is 224 cm³/mol. The Morgan fingerprint density at radius 1 is 0.630 bits per heavy atom. The third-order valence-electron chi connectivity index (χ3n) is 13.7. The van der Waals surface area contributed by atoms with E-state index < -0.39 is 16.6 Å². The summed E-state index contributed by atoms with van der Waals surface area (Å²) in [5.74, 6) is 3.25. The van der Waals surface area contributed by atoms with Crippen LogP contribution in [0, 0.1) is 29.6 Å². The minimum absolute atomic E-state index is 0.0962. The minimum atomic E-state index is -2.79. The lowest BCUT2D eigenvalue weighted by atomic mass is 9.66. The van der Waals surface area contributed by atoms with Crippen molar-refractivity contribution in [2.75, 3.05) is 27.6 Å². The molecule has 0 heterocycles. The average Bonchev–Trinajstić information content (AvgIpc) is 3.71. The van der Waals surface area contributed by atoms with E-state index in [9.17, 15) is 0 Å². The Balaban J connectivity index is 1.34. The van der Waals surface area contributed by atoms with Gasteiger partial charge in [0.15, 0.2) is 8.32 Å². The van der Waals surface area contributed by atoms with Crippen molar-refractivity contribution >= 4 is 27.0 Å². The van der Waals surface area contributed by atoms with Crippen LogP contribution in [-0.4, -0.2) is 62.6 Å². The van der Waals surface area contributed by atoms with Crippen LogP contribution < -0.4 is 15.1 Å². The van der Waals surface area contributed by atoms with Gasteiger partial charge in [0, 0.05) is 25.9 Å². The summed E-state index contributed by atoms with van der Waals surface area (Å²) >= 11 is 0. The van der Waals surface area contributed by atoms with Crippen LogP contribution in [0.2, 0.25) is 23.2 Å². The van der Waals surface area contributed by atoms with Crippen LogP contribution in [0.5, 0.6) is 5.75 Å². The second kappa shape index (κ2) is 17.0. The van der Waals surface area contributed by atoms with Crippen LogP contribution in [-0.2, 0) is 29.7 Å². The highest BCUT2D eigenvalue weighted by Crippen LogP contribution is 2.59. The van der Waals surface area contributed by atoms with Gasteiger partial charge in [-0.3, -0.25) is 0 Å². The van der Waals surface area contributed by atoms with E-state index in [1.807, 2.05) is 12.1 Å². The van der Waals surface area contributed by atoms with Crippen molar-refractivity contribution < 1.29 is 27.8 Å². The molecular formula is C46H68O6Si2. The van der Waals surface area contributed by atoms with Crippen molar-refractivity contribution in [3.63, 3.8) is 0 Å². The molecular weight excluding hydrogens is 705 g/mol. The van der Waals surface area contributed by atoms with E-state index in [4.69, 9.17) is 27.8 Å². The molecule has 3 saturated carbocycles. The van der Waals surface area contributed by atoms with Gasteiger partial charge in [-0.25, -0.2) is 0 Å². The van der Waals surface area contributed by atoms with E-state index in [2.05, 4.69) is 127 Å². The molecule has 6 nitrogen and oxygen atoms in total. The first-order chi connectivity index (χ1) is 25.7. The van der Waals surface area contributed by atoms with Crippen molar-refractivity contribution in [1.82, 2.24) is 0 Å². The molecule has 0 aliphatic heterocycles. The molecule has 8 atom stereocenters. The largest absolute Gasteiger partial charge is 0.497 e. The van der Waals surface area contributed by atoms with E-state index in [-0.39, 0.29) is 28.4 Å². The van der Waals surface area contributed by atoms with Crippen molar-refractivity contribution in [3.05, 3.63) is 90.5 Å². The second-order valence-corrected chi connectivity index (χ2v) is 27.9. The lowest BCUT2D eigenvalue weighted by Crippen LogP contribution is -2.68. The van der Waals surface area contributed by atoms with Crippen LogP contribution in [0.15, 0.2) is 84.9 Å². The summed E-state index contributed by atoms with van der Waals surface area (Å²) in [5, 5.41) is 2.77. The highest BCUT2D eigenvalue weighted by molar-refractivity contribution is 6.99. The maximum absolute atomic E-state index is 8.08. The molecule has 3 aromatic carbocycles. The van der Waals surface area contributed by atoms with Gasteiger partial charge in [-0.05, 0) is 113 Å². The summed E-state index contributed by atoms with van der Waals surface area (Å²) in [6, 6.07) is 30.5. The first kappa shape index (κ1) is 41.3. The van der Waals surface area contributed by atoms with Gasteiger partial charge < -0.3 is 27.8 Å². The maximum atomic E-state index is 8.08. The van der Waals surface area contributed by atoms with Crippen LogP contribution in [0.4, 0.5) is 0 Å². The number of rotatable bonds is 15. The Hall–Kier alpha value is -2.31. The van der Waals surface area contributed by atoms with Crippen molar-refractivity contribution in [1.29, 1.82) is 0 Å². The minimum Gasteiger partial charge on any atom is -0.497 e. The highest BCUT2D eigenvalue weighted by Gasteiger charge is 2.60. The monoisotopic (exact) mass is 772 g/mol. The van der Waals surface area contributed by atoms with Crippen LogP contribution in [0.1, 0.15) is 79.2 Å². The van der Waals surface area contributed by atoms with Gasteiger partial charge in [-0.15, -0.1) is 0 Å². The zero-order valence-corrected chi connectivity index (χ0v) is 36.8. The molecule has 3 aliphatic rings. The van der Waals surface area contributed by atoms with E-state index >= 15 is 0 Å². The number of benzene rings is 3. The fourth-order valence-corrected chi connectivity index (χ4v) is 16.2. The summed E-state index contributed by atoms with van der Waals surface area (Å²) in [4.78, 5) is 0. The van der Waals surface area contributed by atoms with Gasteiger partial charge in [0.2, 0.25) is 0 Å². The predicted octanol–water partition coefficient (Wildman–Crippen LogP) is 9.61. The zero-order valence-electron chi connectivity index (χ0n) is 34.8. The fourth-order valence-electron chi connectivity index (χ4n) is 10.1. The molecule has 3 fully saturated rings. The van der Waals surface area contributed by atoms with Gasteiger partial charge in [0.1, 0.15) is 12.5 Å². The van der Waals surface area contributed by atoms with Crippen molar-refractivity contribution in [2.45, 2.75) is 122 Å². The molecule has 8 heteroatoms. The lowest BCUT2D eigenvalue weighted by Gasteiger charge is -2.46. The van der Waals surface area contributed by atoms with Crippen molar-refractivity contribution in [3.8, 4) is 5.75 Å². The Kier molecular flexibility index (Phi) is 13.0. The number of ether oxygens (including phenoxy) is 4. The summed E-state index contributed by atoms with van der Waals surface area (Å²) < 4.78 is 39.3. The molecule has 0 radical (unpaired) electrons. The van der Waals surface area contributed by atoms with Crippen molar-refractivity contribution in [2.24, 2.45) is 29.6 Å². The average molecular weight is 773 g/mol. The van der Waals surface area contributed by atoms with E-state index in [0.717, 1.165) is 43.4 Å². The fraction of sp³-hybridized carbons (Fsp3) is 0.609. The normalized spacial score (nSPS) is 27.4. The number of hydrogen-bond acceptors (Lipinski definition) is 6. The molecule has 0 saturated heterocycles. The van der Waals surface area contributed by atoms with Crippen LogP contribution in [0.3, 0.4) is 0 Å². The first-order valence-electron chi connectivity index (χ1n) is 20.5. The molecule has 54 heavy (non-hydrogen) atoms. The molecule has 0 spiro atoms. The second-order valence-electron chi connectivity index (χ2n) is 18.9. The molecule has 1 unspecified atom stereocenters. The quantitative estimate of drug-likeness (QED) is 0.0872. The third-order valence-corrected chi connectivity index (χ3v) is 23.3. The smallest absolute Gasteiger partial charge is 0.261 e. The zero-order chi connectivity index (χ0) is 38.7. The molecule has 0 bridgehead atoms. The van der Waals surface area contributed by atoms with E-state index in [0.29, 0.717) is 49.6 Å². The summed E-state index contributed by atoms with van der Waals surface area (Å²) in [6.07, 6.45) is 5.78. The Labute approximate surface area is 328 Å². The molecule has 3 aromatic rings. The number of hydrogen-bond donors (Lipinski definition) is 0. The molecule has 6 rings (SSSR count). The standard InChI is InChI=1S/C46H68O6Si2/c1-45(2,3)53(9,10)51-35-27-39-41-30-44(52-54(46(4,5)6,36-17-13-11-14-18-36)37-19-15-12-16-20-37)38(40(41)29-43(42(39)28-35)50-32-47-7)25-26-49-31-33-21-23-34(48-8)24-22-33/h11-24,35,38-44H,25-32H2,1-10H3/t35-,38+,39-,40-,41-,42-,43-,44?/m0/s1. The molecule has 0 N–H and O–H groups in total. The van der Waals surface area contributed by atoms with Gasteiger partial charge in [0.05, 0.1) is 19.8 Å². The topological polar surface area (TPSA) is 55.4 Å². The first-order valence-corrected chi connectivity index (χ1v) is 25.3. The SMILES string of the molecule is COCO[C@H]1C[C@@H]2[C@@H](CC(O[Si](c3ccccc3)(c3ccccc3)C(C)(C)C)[C@@H]2CCOCc2ccc(OC)cc2)[C@@H]2C[C@H](O[Si](C)(C)C(C)(C)C)C[C@@H]21. The summed E-state index contributed by atoms with van der Waals surface area (Å²) in [6.45, 7) is 20.7. The lowest BCUT2D eigenvalue weighted by molar-refractivity contribution is -0.128.